The molecule has 1 rings (SSSR count). The average molecular weight is 307 g/mol. The Balaban J connectivity index is 3.37. The number of hydrogen-bond acceptors (Lipinski definition) is 4. The minimum absolute atomic E-state index is 0.128. The molecule has 0 aliphatic carbocycles. The molecule has 0 heterocycles. The summed E-state index contributed by atoms with van der Waals surface area (Å²) in [6.45, 7) is 1.49. The van der Waals surface area contributed by atoms with Gasteiger partial charge in [0.2, 0.25) is 0 Å². The predicted octanol–water partition coefficient (Wildman–Crippen LogP) is 2.11. The lowest BCUT2D eigenvalue weighted by molar-refractivity contribution is -0.150. The van der Waals surface area contributed by atoms with Gasteiger partial charge in [-0.1, -0.05) is 0 Å². The third kappa shape index (κ3) is 2.58. The number of aliphatic hydroxyl groups excluding tert-OH is 1. The Morgan fingerprint density at radius 1 is 1.53 bits per heavy atom. The van der Waals surface area contributed by atoms with Gasteiger partial charge in [0.15, 0.2) is 6.10 Å². The summed E-state index contributed by atoms with van der Waals surface area (Å²) in [5, 5.41) is 9.74. The highest BCUT2D eigenvalue weighted by Crippen LogP contribution is 2.35. The summed E-state index contributed by atoms with van der Waals surface area (Å²) in [4.78, 5) is 11.3. The zero-order valence-corrected chi connectivity index (χ0v) is 11.2. The fourth-order valence-corrected chi connectivity index (χ4v) is 2.02. The monoisotopic (exact) mass is 306 g/mol. The molecule has 17 heavy (non-hydrogen) atoms. The van der Waals surface area contributed by atoms with Crippen LogP contribution >= 0.6 is 15.9 Å². The topological polar surface area (TPSA) is 55.8 Å². The second-order valence-corrected chi connectivity index (χ2v) is 4.20. The van der Waals surface area contributed by atoms with Crippen molar-refractivity contribution in [2.24, 2.45) is 0 Å². The van der Waals surface area contributed by atoms with Gasteiger partial charge in [0.1, 0.15) is 11.6 Å². The first kappa shape index (κ1) is 13.9. The maximum absolute atomic E-state index is 13.6. The molecular formula is C11H12BrFO4. The third-order valence-electron chi connectivity index (χ3n) is 2.35. The lowest BCUT2D eigenvalue weighted by atomic mass is 10.0. The fourth-order valence-electron chi connectivity index (χ4n) is 1.47. The van der Waals surface area contributed by atoms with E-state index in [-0.39, 0.29) is 21.3 Å². The predicted molar refractivity (Wildman–Crippen MR) is 62.4 cm³/mol. The second-order valence-electron chi connectivity index (χ2n) is 3.35. The van der Waals surface area contributed by atoms with Crippen LogP contribution in [0.1, 0.15) is 17.2 Å². The molecule has 0 saturated heterocycles. The molecule has 0 saturated carbocycles. The molecule has 0 aromatic heterocycles. The number of halogens is 2. The molecule has 0 aliphatic rings. The lowest BCUT2D eigenvalue weighted by Gasteiger charge is -2.16. The summed E-state index contributed by atoms with van der Waals surface area (Å²) < 4.78 is 23.1. The zero-order valence-electron chi connectivity index (χ0n) is 9.58. The Kier molecular flexibility index (Phi) is 4.47. The molecule has 1 unspecified atom stereocenters. The van der Waals surface area contributed by atoms with Gasteiger partial charge in [-0.3, -0.25) is 0 Å². The first-order chi connectivity index (χ1) is 7.93. The van der Waals surface area contributed by atoms with Crippen molar-refractivity contribution < 1.29 is 23.8 Å². The molecule has 1 N–H and O–H groups in total. The zero-order chi connectivity index (χ0) is 13.2. The molecule has 4 nitrogen and oxygen atoms in total. The summed E-state index contributed by atoms with van der Waals surface area (Å²) >= 11 is 3.01. The number of rotatable bonds is 3. The lowest BCUT2D eigenvalue weighted by Crippen LogP contribution is -2.15. The Labute approximate surface area is 106 Å². The number of esters is 1. The molecule has 0 fully saturated rings. The van der Waals surface area contributed by atoms with E-state index in [0.29, 0.717) is 0 Å². The highest BCUT2D eigenvalue weighted by molar-refractivity contribution is 9.10. The van der Waals surface area contributed by atoms with Crippen molar-refractivity contribution in [2.45, 2.75) is 13.0 Å². The van der Waals surface area contributed by atoms with Crippen LogP contribution in [-0.2, 0) is 9.53 Å². The van der Waals surface area contributed by atoms with E-state index in [0.717, 1.165) is 7.11 Å². The van der Waals surface area contributed by atoms with Crippen LogP contribution in [0.4, 0.5) is 4.39 Å². The highest BCUT2D eigenvalue weighted by atomic mass is 79.9. The van der Waals surface area contributed by atoms with Crippen molar-refractivity contribution in [3.63, 3.8) is 0 Å². The Bertz CT molecular complexity index is 448. The largest absolute Gasteiger partial charge is 0.496 e. The van der Waals surface area contributed by atoms with E-state index in [1.807, 2.05) is 0 Å². The van der Waals surface area contributed by atoms with E-state index in [2.05, 4.69) is 20.7 Å². The van der Waals surface area contributed by atoms with Gasteiger partial charge in [0.25, 0.3) is 0 Å². The van der Waals surface area contributed by atoms with Gasteiger partial charge < -0.3 is 14.6 Å². The molecule has 0 aliphatic heterocycles. The van der Waals surface area contributed by atoms with E-state index in [4.69, 9.17) is 4.74 Å². The number of methoxy groups -OCH3 is 2. The molecular weight excluding hydrogens is 295 g/mol. The SMILES string of the molecule is COC(=O)C(O)c1cc(Br)c(F)c(C)c1OC. The Morgan fingerprint density at radius 2 is 2.12 bits per heavy atom. The number of carbonyl (C=O) groups excluding carboxylic acids is 1. The van der Waals surface area contributed by atoms with Gasteiger partial charge >= 0.3 is 5.97 Å². The normalized spacial score (nSPS) is 12.1. The van der Waals surface area contributed by atoms with Crippen LogP contribution in [0.25, 0.3) is 0 Å². The van der Waals surface area contributed by atoms with Crippen LogP contribution in [-0.4, -0.2) is 25.3 Å². The Morgan fingerprint density at radius 3 is 2.59 bits per heavy atom. The smallest absolute Gasteiger partial charge is 0.339 e. The summed E-state index contributed by atoms with van der Waals surface area (Å²) in [6.07, 6.45) is -1.51. The number of hydrogen-bond donors (Lipinski definition) is 1. The standard InChI is InChI=1S/C11H12BrFO4/c1-5-8(13)7(12)4-6(10(5)16-2)9(14)11(15)17-3/h4,9,14H,1-3H3. The van der Waals surface area contributed by atoms with Gasteiger partial charge in [-0.05, 0) is 28.9 Å². The van der Waals surface area contributed by atoms with Crippen LogP contribution in [0.5, 0.6) is 5.75 Å². The molecule has 94 valence electrons. The minimum atomic E-state index is -1.51. The summed E-state index contributed by atoms with van der Waals surface area (Å²) in [5.41, 5.74) is 0.366. The van der Waals surface area contributed by atoms with Crippen LogP contribution in [0.3, 0.4) is 0 Å². The van der Waals surface area contributed by atoms with Crippen molar-refractivity contribution in [1.82, 2.24) is 0 Å². The maximum atomic E-state index is 13.6. The van der Waals surface area contributed by atoms with E-state index in [9.17, 15) is 14.3 Å². The van der Waals surface area contributed by atoms with E-state index in [1.165, 1.54) is 20.1 Å². The quantitative estimate of drug-likeness (QED) is 0.869. The molecule has 1 atom stereocenters. The number of ether oxygens (including phenoxy) is 2. The number of carbonyl (C=O) groups is 1. The summed E-state index contributed by atoms with van der Waals surface area (Å²) in [6, 6.07) is 1.29. The van der Waals surface area contributed by atoms with Crippen molar-refractivity contribution >= 4 is 21.9 Å². The molecule has 0 amide bonds. The maximum Gasteiger partial charge on any atom is 0.339 e. The fraction of sp³-hybridized carbons (Fsp3) is 0.364. The average Bonchev–Trinajstić information content (AvgIpc) is 2.33. The minimum Gasteiger partial charge on any atom is -0.496 e. The van der Waals surface area contributed by atoms with Crippen molar-refractivity contribution in [2.75, 3.05) is 14.2 Å². The van der Waals surface area contributed by atoms with Crippen LogP contribution in [0.15, 0.2) is 10.5 Å². The number of aliphatic hydroxyl groups is 1. The van der Waals surface area contributed by atoms with Crippen molar-refractivity contribution in [3.05, 3.63) is 27.5 Å². The van der Waals surface area contributed by atoms with Gasteiger partial charge in [0.05, 0.1) is 18.7 Å². The molecule has 1 aromatic carbocycles. The number of benzene rings is 1. The first-order valence-electron chi connectivity index (χ1n) is 4.72. The van der Waals surface area contributed by atoms with Gasteiger partial charge in [-0.25, -0.2) is 9.18 Å². The summed E-state index contributed by atoms with van der Waals surface area (Å²) in [7, 11) is 2.49. The van der Waals surface area contributed by atoms with Gasteiger partial charge in [-0.15, -0.1) is 0 Å². The molecule has 0 radical (unpaired) electrons. The van der Waals surface area contributed by atoms with E-state index < -0.39 is 17.9 Å². The van der Waals surface area contributed by atoms with Crippen LogP contribution in [0.2, 0.25) is 0 Å². The van der Waals surface area contributed by atoms with E-state index in [1.54, 1.807) is 0 Å². The third-order valence-corrected chi connectivity index (χ3v) is 2.92. The molecule has 0 spiro atoms. The van der Waals surface area contributed by atoms with Crippen molar-refractivity contribution in [1.29, 1.82) is 0 Å². The molecule has 6 heteroatoms. The first-order valence-corrected chi connectivity index (χ1v) is 5.51. The Hall–Kier alpha value is -1.14. The molecule has 1 aromatic rings. The van der Waals surface area contributed by atoms with Crippen LogP contribution in [0, 0.1) is 12.7 Å². The van der Waals surface area contributed by atoms with Crippen LogP contribution < -0.4 is 4.74 Å². The van der Waals surface area contributed by atoms with Gasteiger partial charge in [-0.2, -0.15) is 0 Å². The van der Waals surface area contributed by atoms with E-state index >= 15 is 0 Å². The van der Waals surface area contributed by atoms with Gasteiger partial charge in [0, 0.05) is 11.1 Å². The second kappa shape index (κ2) is 5.46. The summed E-state index contributed by atoms with van der Waals surface area (Å²) in [5.74, 6) is -1.20. The van der Waals surface area contributed by atoms with Crippen molar-refractivity contribution in [3.8, 4) is 5.75 Å². The highest BCUT2D eigenvalue weighted by Gasteiger charge is 2.25. The molecule has 0 bridgehead atoms.